The Morgan fingerprint density at radius 2 is 1.90 bits per heavy atom. The molecule has 1 aliphatic rings. The van der Waals surface area contributed by atoms with Crippen LogP contribution < -0.4 is 14.2 Å². The summed E-state index contributed by atoms with van der Waals surface area (Å²) in [6, 6.07) is 15.5. The predicted molar refractivity (Wildman–Crippen MR) is 81.8 cm³/mol. The van der Waals surface area contributed by atoms with Gasteiger partial charge < -0.3 is 14.2 Å². The zero-order valence-corrected chi connectivity index (χ0v) is 11.9. The molecule has 0 bridgehead atoms. The van der Waals surface area contributed by atoms with E-state index in [0.717, 1.165) is 22.8 Å². The Labute approximate surface area is 124 Å². The van der Waals surface area contributed by atoms with Crippen LogP contribution in [0.1, 0.15) is 5.56 Å². The number of hydrogen-bond acceptors (Lipinski definition) is 4. The maximum Gasteiger partial charge on any atom is 0.161 e. The number of methoxy groups -OCH3 is 1. The highest BCUT2D eigenvalue weighted by molar-refractivity contribution is 5.79. The number of para-hydroxylation sites is 2. The van der Waals surface area contributed by atoms with Crippen molar-refractivity contribution in [3.05, 3.63) is 54.1 Å². The summed E-state index contributed by atoms with van der Waals surface area (Å²) in [6.07, 6.45) is 1.79. The van der Waals surface area contributed by atoms with E-state index in [1.54, 1.807) is 7.11 Å². The van der Waals surface area contributed by atoms with Gasteiger partial charge >= 0.3 is 0 Å². The van der Waals surface area contributed by atoms with Crippen LogP contribution in [0.4, 0.5) is 0 Å². The molecule has 108 valence electrons. The quantitative estimate of drug-likeness (QED) is 0.810. The van der Waals surface area contributed by atoms with Gasteiger partial charge in [0.15, 0.2) is 17.6 Å². The van der Waals surface area contributed by atoms with Crippen molar-refractivity contribution in [1.29, 1.82) is 0 Å². The summed E-state index contributed by atoms with van der Waals surface area (Å²) >= 11 is 0. The number of aliphatic imine (C=N–C) groups is 1. The van der Waals surface area contributed by atoms with Crippen LogP contribution in [0.5, 0.6) is 17.2 Å². The molecule has 0 spiro atoms. The Morgan fingerprint density at radius 1 is 1.14 bits per heavy atom. The molecular weight excluding hydrogens is 266 g/mol. The van der Waals surface area contributed by atoms with Crippen LogP contribution >= 0.6 is 0 Å². The summed E-state index contributed by atoms with van der Waals surface area (Å²) in [6.45, 7) is 1.09. The molecule has 0 saturated heterocycles. The van der Waals surface area contributed by atoms with Crippen LogP contribution in [0.25, 0.3) is 0 Å². The molecule has 0 aliphatic carbocycles. The van der Waals surface area contributed by atoms with Crippen LogP contribution in [0, 0.1) is 0 Å². The van der Waals surface area contributed by atoms with Crippen molar-refractivity contribution in [1.82, 2.24) is 0 Å². The van der Waals surface area contributed by atoms with Crippen molar-refractivity contribution >= 4 is 6.21 Å². The first-order valence-corrected chi connectivity index (χ1v) is 6.87. The Morgan fingerprint density at radius 3 is 2.67 bits per heavy atom. The van der Waals surface area contributed by atoms with Crippen molar-refractivity contribution in [3.8, 4) is 17.2 Å². The van der Waals surface area contributed by atoms with E-state index in [1.165, 1.54) is 0 Å². The van der Waals surface area contributed by atoms with Gasteiger partial charge in [-0.15, -0.1) is 0 Å². The Hall–Kier alpha value is -2.49. The van der Waals surface area contributed by atoms with Crippen molar-refractivity contribution in [2.45, 2.75) is 6.10 Å². The molecule has 0 fully saturated rings. The molecule has 21 heavy (non-hydrogen) atoms. The summed E-state index contributed by atoms with van der Waals surface area (Å²) in [4.78, 5) is 4.42. The van der Waals surface area contributed by atoms with E-state index < -0.39 is 0 Å². The van der Waals surface area contributed by atoms with E-state index in [9.17, 15) is 0 Å². The van der Waals surface area contributed by atoms with E-state index in [1.807, 2.05) is 54.7 Å². The molecule has 2 aromatic rings. The third-order valence-electron chi connectivity index (χ3n) is 3.23. The molecule has 3 rings (SSSR count). The summed E-state index contributed by atoms with van der Waals surface area (Å²) in [7, 11) is 1.65. The molecule has 0 amide bonds. The van der Waals surface area contributed by atoms with E-state index >= 15 is 0 Å². The molecule has 1 heterocycles. The van der Waals surface area contributed by atoms with E-state index in [0.29, 0.717) is 13.2 Å². The number of hydrogen-bond donors (Lipinski definition) is 0. The molecule has 0 unspecified atom stereocenters. The topological polar surface area (TPSA) is 40.0 Å². The van der Waals surface area contributed by atoms with Crippen molar-refractivity contribution in [2.24, 2.45) is 4.99 Å². The minimum absolute atomic E-state index is 0.0469. The van der Waals surface area contributed by atoms with Gasteiger partial charge in [-0.2, -0.15) is 0 Å². The van der Waals surface area contributed by atoms with E-state index in [4.69, 9.17) is 14.2 Å². The molecule has 4 heteroatoms. The lowest BCUT2D eigenvalue weighted by molar-refractivity contribution is 0.0973. The minimum Gasteiger partial charge on any atom is -0.497 e. The number of rotatable bonds is 4. The normalized spacial score (nSPS) is 16.9. The zero-order valence-electron chi connectivity index (χ0n) is 11.9. The highest BCUT2D eigenvalue weighted by Crippen LogP contribution is 2.30. The first-order chi connectivity index (χ1) is 10.3. The summed E-state index contributed by atoms with van der Waals surface area (Å²) in [5, 5.41) is 0. The summed E-state index contributed by atoms with van der Waals surface area (Å²) < 4.78 is 16.6. The molecule has 0 N–H and O–H groups in total. The second-order valence-corrected chi connectivity index (χ2v) is 4.77. The predicted octanol–water partition coefficient (Wildman–Crippen LogP) is 2.95. The smallest absolute Gasteiger partial charge is 0.161 e. The van der Waals surface area contributed by atoms with Crippen molar-refractivity contribution < 1.29 is 14.2 Å². The monoisotopic (exact) mass is 283 g/mol. The Balaban J connectivity index is 1.57. The van der Waals surface area contributed by atoms with Gasteiger partial charge in [0.25, 0.3) is 0 Å². The second-order valence-electron chi connectivity index (χ2n) is 4.77. The van der Waals surface area contributed by atoms with E-state index in [-0.39, 0.29) is 6.10 Å². The minimum atomic E-state index is -0.0469. The lowest BCUT2D eigenvalue weighted by Crippen LogP contribution is -2.31. The highest BCUT2D eigenvalue weighted by Gasteiger charge is 2.19. The lowest BCUT2D eigenvalue weighted by Gasteiger charge is -2.25. The molecule has 2 aromatic carbocycles. The fourth-order valence-corrected chi connectivity index (χ4v) is 2.12. The number of nitrogens with zero attached hydrogens (tertiary/aromatic N) is 1. The fraction of sp³-hybridized carbons (Fsp3) is 0.235. The Kier molecular flexibility index (Phi) is 4.05. The molecule has 0 saturated carbocycles. The molecule has 4 nitrogen and oxygen atoms in total. The Bertz CT molecular complexity index is 622. The van der Waals surface area contributed by atoms with Gasteiger partial charge in [-0.05, 0) is 42.0 Å². The van der Waals surface area contributed by atoms with Gasteiger partial charge in [-0.3, -0.25) is 4.99 Å². The van der Waals surface area contributed by atoms with Gasteiger partial charge in [-0.25, -0.2) is 0 Å². The molecule has 1 aliphatic heterocycles. The average Bonchev–Trinajstić information content (AvgIpc) is 2.55. The van der Waals surface area contributed by atoms with Gasteiger partial charge in [-0.1, -0.05) is 12.1 Å². The highest BCUT2D eigenvalue weighted by atomic mass is 16.6. The number of benzene rings is 2. The van der Waals surface area contributed by atoms with Crippen LogP contribution in [0.15, 0.2) is 53.5 Å². The van der Waals surface area contributed by atoms with Crippen LogP contribution in [0.2, 0.25) is 0 Å². The molecule has 0 aromatic heterocycles. The number of fused-ring (bicyclic) bond motifs is 1. The van der Waals surface area contributed by atoms with Crippen LogP contribution in [-0.2, 0) is 0 Å². The van der Waals surface area contributed by atoms with Crippen molar-refractivity contribution in [3.63, 3.8) is 0 Å². The largest absolute Gasteiger partial charge is 0.497 e. The summed E-state index contributed by atoms with van der Waals surface area (Å²) in [5.41, 5.74) is 1.04. The molecule has 0 radical (unpaired) electrons. The third kappa shape index (κ3) is 3.34. The maximum atomic E-state index is 5.85. The van der Waals surface area contributed by atoms with Crippen molar-refractivity contribution in [2.75, 3.05) is 20.3 Å². The fourth-order valence-electron chi connectivity index (χ4n) is 2.12. The maximum absolute atomic E-state index is 5.85. The SMILES string of the molecule is COc1ccc(C=NC[C@@H]2COc3ccccc3O2)cc1. The van der Waals surface area contributed by atoms with Gasteiger partial charge in [0.1, 0.15) is 12.4 Å². The van der Waals surface area contributed by atoms with Gasteiger partial charge in [0.2, 0.25) is 0 Å². The van der Waals surface area contributed by atoms with Gasteiger partial charge in [0, 0.05) is 6.21 Å². The molecular formula is C17H17NO3. The zero-order chi connectivity index (χ0) is 14.5. The average molecular weight is 283 g/mol. The molecule has 1 atom stereocenters. The lowest BCUT2D eigenvalue weighted by atomic mass is 10.2. The third-order valence-corrected chi connectivity index (χ3v) is 3.23. The van der Waals surface area contributed by atoms with Gasteiger partial charge in [0.05, 0.1) is 13.7 Å². The van der Waals surface area contributed by atoms with Crippen LogP contribution in [0.3, 0.4) is 0 Å². The summed E-state index contributed by atoms with van der Waals surface area (Å²) in [5.74, 6) is 2.43. The van der Waals surface area contributed by atoms with Crippen LogP contribution in [-0.4, -0.2) is 32.6 Å². The number of ether oxygens (including phenoxy) is 3. The first kappa shape index (κ1) is 13.5. The van der Waals surface area contributed by atoms with E-state index in [2.05, 4.69) is 4.99 Å². The first-order valence-electron chi connectivity index (χ1n) is 6.87. The standard InChI is InChI=1S/C17H17NO3/c1-19-14-8-6-13(7-9-14)10-18-11-15-12-20-16-4-2-3-5-17(16)21-15/h2-10,15H,11-12H2,1H3/t15-/m1/s1. The second kappa shape index (κ2) is 6.31.